The van der Waals surface area contributed by atoms with Gasteiger partial charge >= 0.3 is 0 Å². The monoisotopic (exact) mass is 298 g/mol. The van der Waals surface area contributed by atoms with Crippen molar-refractivity contribution in [3.63, 3.8) is 0 Å². The van der Waals surface area contributed by atoms with Crippen LogP contribution < -0.4 is 5.32 Å². The van der Waals surface area contributed by atoms with Crippen LogP contribution in [0.3, 0.4) is 0 Å². The van der Waals surface area contributed by atoms with Crippen molar-refractivity contribution in [3.05, 3.63) is 35.6 Å². The van der Waals surface area contributed by atoms with Gasteiger partial charge in [0, 0.05) is 19.6 Å². The van der Waals surface area contributed by atoms with Gasteiger partial charge in [-0.15, -0.1) is 12.4 Å². The molecule has 0 spiro atoms. The van der Waals surface area contributed by atoms with Crippen LogP contribution in [0.25, 0.3) is 0 Å². The summed E-state index contributed by atoms with van der Waals surface area (Å²) < 4.78 is 13.3. The van der Waals surface area contributed by atoms with Gasteiger partial charge in [0.2, 0.25) is 0 Å². The summed E-state index contributed by atoms with van der Waals surface area (Å²) in [6.45, 7) is 8.07. The summed E-state index contributed by atoms with van der Waals surface area (Å²) in [4.78, 5) is 2.56. The molecule has 0 aliphatic carbocycles. The number of hydrogen-bond donors (Lipinski definition) is 1. The molecule has 20 heavy (non-hydrogen) atoms. The SMILES string of the molecule is CC1(CN2CCC(c3cccc(F)c3)C2)CCNC1.Cl. The molecule has 2 aliphatic heterocycles. The zero-order valence-corrected chi connectivity index (χ0v) is 12.9. The van der Waals surface area contributed by atoms with E-state index in [-0.39, 0.29) is 18.2 Å². The molecular weight excluding hydrogens is 275 g/mol. The number of nitrogens with zero attached hydrogens (tertiary/aromatic N) is 1. The van der Waals surface area contributed by atoms with E-state index in [9.17, 15) is 4.39 Å². The summed E-state index contributed by atoms with van der Waals surface area (Å²) in [5, 5.41) is 3.46. The first-order valence-corrected chi connectivity index (χ1v) is 7.33. The molecule has 1 aromatic rings. The summed E-state index contributed by atoms with van der Waals surface area (Å²) in [6, 6.07) is 7.13. The van der Waals surface area contributed by atoms with Crippen LogP contribution >= 0.6 is 12.4 Å². The lowest BCUT2D eigenvalue weighted by Crippen LogP contribution is -2.36. The highest BCUT2D eigenvalue weighted by molar-refractivity contribution is 5.85. The van der Waals surface area contributed by atoms with E-state index in [1.165, 1.54) is 19.0 Å². The molecule has 2 saturated heterocycles. The van der Waals surface area contributed by atoms with E-state index in [0.717, 1.165) is 38.2 Å². The highest BCUT2D eigenvalue weighted by Gasteiger charge is 2.33. The second kappa shape index (κ2) is 6.42. The Balaban J connectivity index is 0.00000147. The Labute approximate surface area is 127 Å². The fourth-order valence-corrected chi connectivity index (χ4v) is 3.55. The van der Waals surface area contributed by atoms with Gasteiger partial charge in [-0.3, -0.25) is 0 Å². The molecule has 2 nitrogen and oxygen atoms in total. The Kier molecular flexibility index (Phi) is 5.05. The van der Waals surface area contributed by atoms with E-state index in [2.05, 4.69) is 23.2 Å². The average molecular weight is 299 g/mol. The van der Waals surface area contributed by atoms with Gasteiger partial charge < -0.3 is 10.2 Å². The standard InChI is InChI=1S/C16H23FN2.ClH/c1-16(6-7-18-11-16)12-19-8-5-14(10-19)13-3-2-4-15(17)9-13;/h2-4,9,14,18H,5-8,10-12H2,1H3;1H. The lowest BCUT2D eigenvalue weighted by atomic mass is 9.89. The molecule has 0 radical (unpaired) electrons. The third-order valence-corrected chi connectivity index (χ3v) is 4.65. The fraction of sp³-hybridized carbons (Fsp3) is 0.625. The van der Waals surface area contributed by atoms with Crippen LogP contribution in [0.4, 0.5) is 4.39 Å². The topological polar surface area (TPSA) is 15.3 Å². The molecule has 3 rings (SSSR count). The molecule has 2 unspecified atom stereocenters. The van der Waals surface area contributed by atoms with E-state index >= 15 is 0 Å². The number of hydrogen-bond acceptors (Lipinski definition) is 2. The normalized spacial score (nSPS) is 30.4. The van der Waals surface area contributed by atoms with Gasteiger partial charge in [-0.2, -0.15) is 0 Å². The van der Waals surface area contributed by atoms with Crippen molar-refractivity contribution in [1.29, 1.82) is 0 Å². The molecule has 4 heteroatoms. The van der Waals surface area contributed by atoms with Gasteiger partial charge in [-0.1, -0.05) is 19.1 Å². The predicted molar refractivity (Wildman–Crippen MR) is 83.0 cm³/mol. The summed E-state index contributed by atoms with van der Waals surface area (Å²) in [5.41, 5.74) is 1.59. The first-order chi connectivity index (χ1) is 9.15. The molecule has 2 atom stereocenters. The maximum absolute atomic E-state index is 13.3. The summed E-state index contributed by atoms with van der Waals surface area (Å²) in [7, 11) is 0. The lowest BCUT2D eigenvalue weighted by molar-refractivity contribution is 0.207. The zero-order chi connectivity index (χ0) is 13.3. The second-order valence-electron chi connectivity index (χ2n) is 6.51. The van der Waals surface area contributed by atoms with E-state index in [1.807, 2.05) is 6.07 Å². The minimum absolute atomic E-state index is 0. The fourth-order valence-electron chi connectivity index (χ4n) is 3.55. The Hall–Kier alpha value is -0.640. The second-order valence-corrected chi connectivity index (χ2v) is 6.51. The highest BCUT2D eigenvalue weighted by atomic mass is 35.5. The Morgan fingerprint density at radius 1 is 1.45 bits per heavy atom. The van der Waals surface area contributed by atoms with Crippen molar-refractivity contribution in [3.8, 4) is 0 Å². The summed E-state index contributed by atoms with van der Waals surface area (Å²) in [5.74, 6) is 0.400. The number of nitrogens with one attached hydrogen (secondary N) is 1. The number of likely N-dealkylation sites (tertiary alicyclic amines) is 1. The molecule has 1 N–H and O–H groups in total. The molecular formula is C16H24ClFN2. The largest absolute Gasteiger partial charge is 0.316 e. The summed E-state index contributed by atoms with van der Waals surface area (Å²) in [6.07, 6.45) is 2.43. The van der Waals surface area contributed by atoms with Crippen molar-refractivity contribution in [2.75, 3.05) is 32.7 Å². The van der Waals surface area contributed by atoms with Crippen molar-refractivity contribution in [2.24, 2.45) is 5.41 Å². The van der Waals surface area contributed by atoms with Gasteiger partial charge in [0.1, 0.15) is 5.82 Å². The minimum atomic E-state index is -0.108. The molecule has 112 valence electrons. The van der Waals surface area contributed by atoms with Crippen LogP contribution in [-0.4, -0.2) is 37.6 Å². The lowest BCUT2D eigenvalue weighted by Gasteiger charge is -2.29. The number of benzene rings is 1. The molecule has 2 fully saturated rings. The minimum Gasteiger partial charge on any atom is -0.316 e. The van der Waals surface area contributed by atoms with Gasteiger partial charge in [-0.05, 0) is 55.0 Å². The van der Waals surface area contributed by atoms with Crippen molar-refractivity contribution in [2.45, 2.75) is 25.7 Å². The quantitative estimate of drug-likeness (QED) is 0.923. The van der Waals surface area contributed by atoms with Crippen LogP contribution in [-0.2, 0) is 0 Å². The van der Waals surface area contributed by atoms with Gasteiger partial charge in [0.25, 0.3) is 0 Å². The smallest absolute Gasteiger partial charge is 0.123 e. The third kappa shape index (κ3) is 3.51. The molecule has 0 bridgehead atoms. The van der Waals surface area contributed by atoms with Gasteiger partial charge in [0.15, 0.2) is 0 Å². The van der Waals surface area contributed by atoms with Gasteiger partial charge in [0.05, 0.1) is 0 Å². The molecule has 0 aromatic heterocycles. The predicted octanol–water partition coefficient (Wildman–Crippen LogP) is 3.04. The van der Waals surface area contributed by atoms with E-state index in [1.54, 1.807) is 6.07 Å². The number of rotatable bonds is 3. The Morgan fingerprint density at radius 2 is 2.30 bits per heavy atom. The van der Waals surface area contributed by atoms with Crippen LogP contribution in [0.2, 0.25) is 0 Å². The van der Waals surface area contributed by atoms with Crippen molar-refractivity contribution < 1.29 is 4.39 Å². The van der Waals surface area contributed by atoms with Crippen LogP contribution in [0.1, 0.15) is 31.2 Å². The van der Waals surface area contributed by atoms with Crippen LogP contribution in [0, 0.1) is 11.2 Å². The highest BCUT2D eigenvalue weighted by Crippen LogP contribution is 2.32. The molecule has 2 aliphatic rings. The zero-order valence-electron chi connectivity index (χ0n) is 12.1. The van der Waals surface area contributed by atoms with E-state index < -0.39 is 0 Å². The van der Waals surface area contributed by atoms with Crippen molar-refractivity contribution >= 4 is 12.4 Å². The molecule has 0 saturated carbocycles. The third-order valence-electron chi connectivity index (χ3n) is 4.65. The first-order valence-electron chi connectivity index (χ1n) is 7.33. The van der Waals surface area contributed by atoms with Crippen LogP contribution in [0.15, 0.2) is 24.3 Å². The molecule has 2 heterocycles. The van der Waals surface area contributed by atoms with Crippen LogP contribution in [0.5, 0.6) is 0 Å². The molecule has 1 aromatic carbocycles. The maximum atomic E-state index is 13.3. The Morgan fingerprint density at radius 3 is 3.00 bits per heavy atom. The number of halogens is 2. The first kappa shape index (κ1) is 15.7. The average Bonchev–Trinajstić information content (AvgIpc) is 2.99. The molecule has 0 amide bonds. The van der Waals surface area contributed by atoms with E-state index in [4.69, 9.17) is 0 Å². The Bertz CT molecular complexity index is 446. The summed E-state index contributed by atoms with van der Waals surface area (Å²) >= 11 is 0. The maximum Gasteiger partial charge on any atom is 0.123 e. The van der Waals surface area contributed by atoms with Gasteiger partial charge in [-0.25, -0.2) is 4.39 Å². The van der Waals surface area contributed by atoms with E-state index in [0.29, 0.717) is 11.3 Å². The van der Waals surface area contributed by atoms with Crippen molar-refractivity contribution in [1.82, 2.24) is 10.2 Å².